The molecule has 0 unspecified atom stereocenters. The van der Waals surface area contributed by atoms with Crippen molar-refractivity contribution in [2.24, 2.45) is 0 Å². The first-order valence-electron chi connectivity index (χ1n) is 8.52. The van der Waals surface area contributed by atoms with E-state index in [2.05, 4.69) is 9.84 Å². The molecular formula is C17H18F3N3O4S2. The molecular weight excluding hydrogens is 431 g/mol. The highest BCUT2D eigenvalue weighted by molar-refractivity contribution is 7.99. The van der Waals surface area contributed by atoms with Crippen LogP contribution in [0.2, 0.25) is 0 Å². The zero-order valence-electron chi connectivity index (χ0n) is 15.3. The van der Waals surface area contributed by atoms with Crippen LogP contribution in [-0.4, -0.2) is 60.2 Å². The van der Waals surface area contributed by atoms with Crippen molar-refractivity contribution in [1.82, 2.24) is 14.1 Å². The van der Waals surface area contributed by atoms with Gasteiger partial charge in [-0.25, -0.2) is 13.2 Å². The number of rotatable bonds is 5. The number of carbonyl (C=O) groups is 1. The van der Waals surface area contributed by atoms with Crippen molar-refractivity contribution in [3.05, 3.63) is 47.2 Å². The number of halogens is 3. The van der Waals surface area contributed by atoms with Crippen molar-refractivity contribution in [2.45, 2.75) is 17.7 Å². The van der Waals surface area contributed by atoms with Crippen LogP contribution in [-0.2, 0) is 27.5 Å². The highest BCUT2D eigenvalue weighted by Crippen LogP contribution is 2.30. The van der Waals surface area contributed by atoms with Crippen molar-refractivity contribution >= 4 is 27.8 Å². The molecule has 0 spiro atoms. The number of aromatic nitrogens is 2. The van der Waals surface area contributed by atoms with Crippen LogP contribution in [0.4, 0.5) is 13.2 Å². The number of alkyl halides is 3. The van der Waals surface area contributed by atoms with Gasteiger partial charge in [-0.05, 0) is 17.7 Å². The molecule has 0 N–H and O–H groups in total. The maximum atomic E-state index is 13.0. The van der Waals surface area contributed by atoms with Crippen LogP contribution in [0.5, 0.6) is 0 Å². The lowest BCUT2D eigenvalue weighted by atomic mass is 10.1. The molecule has 0 radical (unpaired) electrons. The summed E-state index contributed by atoms with van der Waals surface area (Å²) in [6, 6.07) is 4.61. The van der Waals surface area contributed by atoms with E-state index in [4.69, 9.17) is 0 Å². The first kappa shape index (κ1) is 21.7. The van der Waals surface area contributed by atoms with Crippen molar-refractivity contribution in [3.63, 3.8) is 0 Å². The highest BCUT2D eigenvalue weighted by Gasteiger charge is 2.34. The summed E-state index contributed by atoms with van der Waals surface area (Å²) in [5.74, 6) is 0.361. The Morgan fingerprint density at radius 3 is 2.59 bits per heavy atom. The molecule has 0 bridgehead atoms. The zero-order valence-corrected chi connectivity index (χ0v) is 17.0. The predicted octanol–water partition coefficient (Wildman–Crippen LogP) is 2.47. The molecule has 0 aliphatic carbocycles. The van der Waals surface area contributed by atoms with Gasteiger partial charge in [0.1, 0.15) is 5.56 Å². The van der Waals surface area contributed by atoms with E-state index in [0.717, 1.165) is 23.9 Å². The fraction of sp³-hybridized carbons (Fsp3) is 0.412. The summed E-state index contributed by atoms with van der Waals surface area (Å²) >= 11 is 1.62. The van der Waals surface area contributed by atoms with Crippen LogP contribution in [0.25, 0.3) is 0 Å². The van der Waals surface area contributed by atoms with Crippen LogP contribution >= 0.6 is 11.8 Å². The monoisotopic (exact) mass is 449 g/mol. The van der Waals surface area contributed by atoms with E-state index in [1.54, 1.807) is 11.8 Å². The Morgan fingerprint density at radius 1 is 1.28 bits per heavy atom. The molecule has 158 valence electrons. The second-order valence-corrected chi connectivity index (χ2v) is 9.33. The van der Waals surface area contributed by atoms with Gasteiger partial charge >= 0.3 is 12.1 Å². The van der Waals surface area contributed by atoms with Crippen LogP contribution in [0.3, 0.4) is 0 Å². The van der Waals surface area contributed by atoms with E-state index >= 15 is 0 Å². The second-order valence-electron chi connectivity index (χ2n) is 6.25. The standard InChI is InChI=1S/C17H18F3N3O4S2/c1-27-16(24)14-11-22(10-12-3-2-4-13(9-12)17(18,19)20)21-15(14)29(25,26)23-5-7-28-8-6-23/h2-4,9,11H,5-8,10H2,1H3. The van der Waals surface area contributed by atoms with Gasteiger partial charge in [-0.3, -0.25) is 4.68 Å². The number of thioether (sulfide) groups is 1. The molecule has 0 saturated carbocycles. The minimum atomic E-state index is -4.50. The van der Waals surface area contributed by atoms with E-state index in [1.807, 2.05) is 0 Å². The van der Waals surface area contributed by atoms with Gasteiger partial charge in [0.05, 0.1) is 19.2 Å². The summed E-state index contributed by atoms with van der Waals surface area (Å²) < 4.78 is 71.7. The molecule has 0 amide bonds. The van der Waals surface area contributed by atoms with Crippen molar-refractivity contribution < 1.29 is 31.1 Å². The normalized spacial score (nSPS) is 16.0. The number of hydrogen-bond acceptors (Lipinski definition) is 6. The number of ether oxygens (including phenoxy) is 1. The van der Waals surface area contributed by atoms with Crippen LogP contribution < -0.4 is 0 Å². The number of nitrogens with zero attached hydrogens (tertiary/aromatic N) is 3. The summed E-state index contributed by atoms with van der Waals surface area (Å²) in [5.41, 5.74) is -0.816. The zero-order chi connectivity index (χ0) is 21.2. The van der Waals surface area contributed by atoms with Gasteiger partial charge in [-0.15, -0.1) is 0 Å². The van der Waals surface area contributed by atoms with Gasteiger partial charge in [-0.1, -0.05) is 12.1 Å². The topological polar surface area (TPSA) is 81.5 Å². The summed E-state index contributed by atoms with van der Waals surface area (Å²) in [6.45, 7) is 0.432. The molecule has 0 atom stereocenters. The maximum absolute atomic E-state index is 13.0. The molecule has 1 aliphatic heterocycles. The maximum Gasteiger partial charge on any atom is 0.416 e. The quantitative estimate of drug-likeness (QED) is 0.653. The Kier molecular flexibility index (Phi) is 6.24. The molecule has 3 rings (SSSR count). The third-order valence-electron chi connectivity index (χ3n) is 4.29. The molecule has 12 heteroatoms. The van der Waals surface area contributed by atoms with Gasteiger partial charge in [0.25, 0.3) is 10.0 Å². The lowest BCUT2D eigenvalue weighted by Gasteiger charge is -2.24. The third-order valence-corrected chi connectivity index (χ3v) is 7.06. The van der Waals surface area contributed by atoms with Crippen LogP contribution in [0, 0.1) is 0 Å². The Balaban J connectivity index is 1.97. The van der Waals surface area contributed by atoms with E-state index in [9.17, 15) is 26.4 Å². The molecule has 1 saturated heterocycles. The molecule has 1 fully saturated rings. The minimum Gasteiger partial charge on any atom is -0.465 e. The summed E-state index contributed by atoms with van der Waals surface area (Å²) in [5, 5.41) is 3.56. The Hall–Kier alpha value is -2.05. The van der Waals surface area contributed by atoms with Crippen molar-refractivity contribution in [1.29, 1.82) is 0 Å². The smallest absolute Gasteiger partial charge is 0.416 e. The van der Waals surface area contributed by atoms with Crippen molar-refractivity contribution in [3.8, 4) is 0 Å². The summed E-state index contributed by atoms with van der Waals surface area (Å²) in [7, 11) is -2.93. The SMILES string of the molecule is COC(=O)c1cn(Cc2cccc(C(F)(F)F)c2)nc1S(=O)(=O)N1CCSCC1. The van der Waals surface area contributed by atoms with Gasteiger partial charge < -0.3 is 4.74 Å². The minimum absolute atomic E-state index is 0.140. The average molecular weight is 449 g/mol. The highest BCUT2D eigenvalue weighted by atomic mass is 32.2. The first-order chi connectivity index (χ1) is 13.6. The Labute approximate surface area is 169 Å². The third kappa shape index (κ3) is 4.75. The average Bonchev–Trinajstić information content (AvgIpc) is 3.12. The molecule has 7 nitrogen and oxygen atoms in total. The molecule has 1 aliphatic rings. The molecule has 1 aromatic carbocycles. The molecule has 2 aromatic rings. The molecule has 1 aromatic heterocycles. The summed E-state index contributed by atoms with van der Waals surface area (Å²) in [4.78, 5) is 12.1. The fourth-order valence-corrected chi connectivity index (χ4v) is 5.53. The number of carbonyl (C=O) groups excluding carboxylic acids is 1. The van der Waals surface area contributed by atoms with Gasteiger partial charge in [-0.2, -0.15) is 34.3 Å². The molecule has 2 heterocycles. The van der Waals surface area contributed by atoms with Crippen LogP contribution in [0.15, 0.2) is 35.5 Å². The molecule has 29 heavy (non-hydrogen) atoms. The predicted molar refractivity (Wildman–Crippen MR) is 100 cm³/mol. The van der Waals surface area contributed by atoms with E-state index < -0.39 is 32.8 Å². The number of sulfonamides is 1. The number of hydrogen-bond donors (Lipinski definition) is 0. The van der Waals surface area contributed by atoms with Crippen LogP contribution in [0.1, 0.15) is 21.5 Å². The lowest BCUT2D eigenvalue weighted by molar-refractivity contribution is -0.137. The second kappa shape index (κ2) is 8.36. The Morgan fingerprint density at radius 2 is 1.97 bits per heavy atom. The largest absolute Gasteiger partial charge is 0.465 e. The van der Waals surface area contributed by atoms with E-state index in [0.29, 0.717) is 11.5 Å². The van der Waals surface area contributed by atoms with Gasteiger partial charge in [0.15, 0.2) is 0 Å². The first-order valence-corrected chi connectivity index (χ1v) is 11.1. The Bertz CT molecular complexity index is 1000. The summed E-state index contributed by atoms with van der Waals surface area (Å²) in [6.07, 6.45) is -3.32. The fourth-order valence-electron chi connectivity index (χ4n) is 2.87. The van der Waals surface area contributed by atoms with E-state index in [1.165, 1.54) is 22.6 Å². The number of methoxy groups -OCH3 is 1. The number of benzene rings is 1. The lowest BCUT2D eigenvalue weighted by Crippen LogP contribution is -2.38. The van der Waals surface area contributed by atoms with Gasteiger partial charge in [0, 0.05) is 30.8 Å². The van der Waals surface area contributed by atoms with E-state index in [-0.39, 0.29) is 30.8 Å². The number of esters is 1. The van der Waals surface area contributed by atoms with Crippen molar-refractivity contribution in [2.75, 3.05) is 31.7 Å². The van der Waals surface area contributed by atoms with Gasteiger partial charge in [0.2, 0.25) is 5.03 Å².